The molecule has 0 saturated carbocycles. The number of carbonyl (C=O) groups excluding carboxylic acids is 1. The van der Waals surface area contributed by atoms with Gasteiger partial charge >= 0.3 is 0 Å². The second kappa shape index (κ2) is 6.24. The molecule has 2 aromatic rings. The summed E-state index contributed by atoms with van der Waals surface area (Å²) in [7, 11) is 1.77. The summed E-state index contributed by atoms with van der Waals surface area (Å²) in [5, 5.41) is 0.952. The number of fused-ring (bicyclic) bond motifs is 1. The summed E-state index contributed by atoms with van der Waals surface area (Å²) in [6.07, 6.45) is 0.174. The van der Waals surface area contributed by atoms with Crippen LogP contribution in [0, 0.1) is 0 Å². The van der Waals surface area contributed by atoms with Crippen LogP contribution in [0.25, 0.3) is 10.1 Å². The number of anilines is 1. The van der Waals surface area contributed by atoms with E-state index in [4.69, 9.17) is 10.5 Å². The van der Waals surface area contributed by atoms with Gasteiger partial charge in [0.05, 0.1) is 18.4 Å². The van der Waals surface area contributed by atoms with Crippen molar-refractivity contribution in [3.05, 3.63) is 29.1 Å². The monoisotopic (exact) mass is 292 g/mol. The van der Waals surface area contributed by atoms with Crippen LogP contribution in [0.4, 0.5) is 5.69 Å². The van der Waals surface area contributed by atoms with E-state index < -0.39 is 0 Å². The normalized spacial score (nSPS) is 11.2. The predicted octanol–water partition coefficient (Wildman–Crippen LogP) is 2.98. The SMILES string of the molecule is CC(C)OCCN(C)C(=O)c1sc2ccccc2c1N. The molecule has 0 bridgehead atoms. The fourth-order valence-corrected chi connectivity index (χ4v) is 3.04. The number of hydrogen-bond acceptors (Lipinski definition) is 4. The molecule has 5 heteroatoms. The Morgan fingerprint density at radius 3 is 2.75 bits per heavy atom. The summed E-state index contributed by atoms with van der Waals surface area (Å²) in [5.74, 6) is -0.0453. The minimum atomic E-state index is -0.0453. The smallest absolute Gasteiger partial charge is 0.265 e. The van der Waals surface area contributed by atoms with Crippen LogP contribution in [0.3, 0.4) is 0 Å². The molecule has 1 amide bonds. The maximum Gasteiger partial charge on any atom is 0.265 e. The summed E-state index contributed by atoms with van der Waals surface area (Å²) < 4.78 is 6.51. The molecule has 0 aliphatic heterocycles. The first-order valence-electron chi connectivity index (χ1n) is 6.64. The van der Waals surface area contributed by atoms with Gasteiger partial charge in [-0.1, -0.05) is 18.2 Å². The first-order valence-corrected chi connectivity index (χ1v) is 7.46. The van der Waals surface area contributed by atoms with Crippen LogP contribution in [0.15, 0.2) is 24.3 Å². The molecule has 0 spiro atoms. The van der Waals surface area contributed by atoms with Crippen molar-refractivity contribution in [2.45, 2.75) is 20.0 Å². The Kier molecular flexibility index (Phi) is 4.62. The number of nitrogens with two attached hydrogens (primary N) is 1. The summed E-state index contributed by atoms with van der Waals surface area (Å²) in [6, 6.07) is 7.81. The fraction of sp³-hybridized carbons (Fsp3) is 0.400. The number of benzene rings is 1. The van der Waals surface area contributed by atoms with Crippen molar-refractivity contribution in [1.29, 1.82) is 0 Å². The predicted molar refractivity (Wildman–Crippen MR) is 84.3 cm³/mol. The number of hydrogen-bond donors (Lipinski definition) is 1. The van der Waals surface area contributed by atoms with Crippen molar-refractivity contribution in [2.24, 2.45) is 0 Å². The molecular weight excluding hydrogens is 272 g/mol. The van der Waals surface area contributed by atoms with Crippen molar-refractivity contribution < 1.29 is 9.53 Å². The quantitative estimate of drug-likeness (QED) is 0.921. The number of amides is 1. The third kappa shape index (κ3) is 3.11. The van der Waals surface area contributed by atoms with E-state index in [2.05, 4.69) is 0 Å². The van der Waals surface area contributed by atoms with Crippen LogP contribution in [0.5, 0.6) is 0 Å². The van der Waals surface area contributed by atoms with E-state index in [-0.39, 0.29) is 12.0 Å². The number of ether oxygens (including phenoxy) is 1. The minimum absolute atomic E-state index is 0.0453. The lowest BCUT2D eigenvalue weighted by atomic mass is 10.2. The van der Waals surface area contributed by atoms with Gasteiger partial charge in [0.25, 0.3) is 5.91 Å². The Morgan fingerprint density at radius 2 is 2.10 bits per heavy atom. The average molecular weight is 292 g/mol. The average Bonchev–Trinajstić information content (AvgIpc) is 2.75. The van der Waals surface area contributed by atoms with Gasteiger partial charge in [-0.2, -0.15) is 0 Å². The standard InChI is InChI=1S/C15H20N2O2S/c1-10(2)19-9-8-17(3)15(18)14-13(16)11-6-4-5-7-12(11)20-14/h4-7,10H,8-9,16H2,1-3H3. The molecule has 20 heavy (non-hydrogen) atoms. The summed E-state index contributed by atoms with van der Waals surface area (Å²) in [4.78, 5) is 14.7. The zero-order valence-corrected chi connectivity index (χ0v) is 12.9. The number of carbonyl (C=O) groups is 1. The molecule has 4 nitrogen and oxygen atoms in total. The lowest BCUT2D eigenvalue weighted by Gasteiger charge is -2.17. The van der Waals surface area contributed by atoms with E-state index >= 15 is 0 Å². The molecule has 1 aromatic heterocycles. The van der Waals surface area contributed by atoms with Gasteiger partial charge in [-0.25, -0.2) is 0 Å². The molecule has 1 heterocycles. The second-order valence-electron chi connectivity index (χ2n) is 4.99. The number of likely N-dealkylation sites (N-methyl/N-ethyl adjacent to an activating group) is 1. The van der Waals surface area contributed by atoms with Crippen LogP contribution in [-0.2, 0) is 4.74 Å². The molecule has 2 N–H and O–H groups in total. The minimum Gasteiger partial charge on any atom is -0.397 e. The summed E-state index contributed by atoms with van der Waals surface area (Å²) in [6.45, 7) is 5.05. The Morgan fingerprint density at radius 1 is 1.40 bits per heavy atom. The first-order chi connectivity index (χ1) is 9.50. The second-order valence-corrected chi connectivity index (χ2v) is 6.04. The van der Waals surface area contributed by atoms with Gasteiger partial charge in [0, 0.05) is 23.7 Å². The van der Waals surface area contributed by atoms with Gasteiger partial charge in [0.15, 0.2) is 0 Å². The van der Waals surface area contributed by atoms with E-state index in [0.29, 0.717) is 23.7 Å². The van der Waals surface area contributed by atoms with Gasteiger partial charge < -0.3 is 15.4 Å². The third-order valence-corrected chi connectivity index (χ3v) is 4.23. The van der Waals surface area contributed by atoms with Crippen LogP contribution >= 0.6 is 11.3 Å². The number of nitrogens with zero attached hydrogens (tertiary/aromatic N) is 1. The Labute approximate surface area is 123 Å². The molecule has 2 rings (SSSR count). The number of rotatable bonds is 5. The molecule has 0 fully saturated rings. The highest BCUT2D eigenvalue weighted by Crippen LogP contribution is 2.33. The van der Waals surface area contributed by atoms with Gasteiger partial charge in [-0.15, -0.1) is 11.3 Å². The lowest BCUT2D eigenvalue weighted by molar-refractivity contribution is 0.0535. The van der Waals surface area contributed by atoms with E-state index in [9.17, 15) is 4.79 Å². The molecule has 0 atom stereocenters. The van der Waals surface area contributed by atoms with Crippen LogP contribution in [0.1, 0.15) is 23.5 Å². The van der Waals surface area contributed by atoms with Crippen LogP contribution in [-0.4, -0.2) is 37.1 Å². The molecule has 0 unspecified atom stereocenters. The van der Waals surface area contributed by atoms with Crippen LogP contribution in [0.2, 0.25) is 0 Å². The van der Waals surface area contributed by atoms with Gasteiger partial charge in [0.2, 0.25) is 0 Å². The lowest BCUT2D eigenvalue weighted by Crippen LogP contribution is -2.30. The van der Waals surface area contributed by atoms with Crippen LogP contribution < -0.4 is 5.73 Å². The number of thiophene rings is 1. The largest absolute Gasteiger partial charge is 0.397 e. The van der Waals surface area contributed by atoms with E-state index in [1.165, 1.54) is 11.3 Å². The zero-order chi connectivity index (χ0) is 14.7. The van der Waals surface area contributed by atoms with Gasteiger partial charge in [-0.3, -0.25) is 4.79 Å². The molecular formula is C15H20N2O2S. The highest BCUT2D eigenvalue weighted by molar-refractivity contribution is 7.21. The van der Waals surface area contributed by atoms with E-state index in [0.717, 1.165) is 10.1 Å². The highest BCUT2D eigenvalue weighted by atomic mass is 32.1. The molecule has 108 valence electrons. The molecule has 1 aromatic carbocycles. The van der Waals surface area contributed by atoms with Crippen molar-refractivity contribution >= 4 is 33.0 Å². The highest BCUT2D eigenvalue weighted by Gasteiger charge is 2.19. The molecule has 0 saturated heterocycles. The van der Waals surface area contributed by atoms with Gasteiger partial charge in [0.1, 0.15) is 4.88 Å². The van der Waals surface area contributed by atoms with Crippen molar-refractivity contribution in [2.75, 3.05) is 25.9 Å². The molecule has 0 aliphatic rings. The maximum absolute atomic E-state index is 12.4. The Balaban J connectivity index is 2.12. The van der Waals surface area contributed by atoms with E-state index in [1.807, 2.05) is 38.1 Å². The first kappa shape index (κ1) is 14.8. The summed E-state index contributed by atoms with van der Waals surface area (Å²) >= 11 is 1.44. The third-order valence-electron chi connectivity index (χ3n) is 3.05. The summed E-state index contributed by atoms with van der Waals surface area (Å²) in [5.41, 5.74) is 6.66. The molecule has 0 radical (unpaired) electrons. The van der Waals surface area contributed by atoms with E-state index in [1.54, 1.807) is 11.9 Å². The van der Waals surface area contributed by atoms with Crippen molar-refractivity contribution in [1.82, 2.24) is 4.90 Å². The van der Waals surface area contributed by atoms with Crippen molar-refractivity contribution in [3.63, 3.8) is 0 Å². The Hall–Kier alpha value is -1.59. The van der Waals surface area contributed by atoms with Crippen molar-refractivity contribution in [3.8, 4) is 0 Å². The fourth-order valence-electron chi connectivity index (χ4n) is 1.92. The zero-order valence-electron chi connectivity index (χ0n) is 12.1. The Bertz CT molecular complexity index is 607. The molecule has 0 aliphatic carbocycles. The maximum atomic E-state index is 12.4. The van der Waals surface area contributed by atoms with Gasteiger partial charge in [-0.05, 0) is 19.9 Å². The topological polar surface area (TPSA) is 55.6 Å². The number of nitrogen functional groups attached to an aromatic ring is 1.